The smallest absolute Gasteiger partial charge is 0.339 e. The van der Waals surface area contributed by atoms with Gasteiger partial charge >= 0.3 is 16.1 Å². The lowest BCUT2D eigenvalue weighted by Crippen LogP contribution is -2.14. The summed E-state index contributed by atoms with van der Waals surface area (Å²) in [4.78, 5) is 24.4. The summed E-state index contributed by atoms with van der Waals surface area (Å²) in [6.07, 6.45) is 3.14. The van der Waals surface area contributed by atoms with Crippen LogP contribution in [0, 0.1) is 11.3 Å². The van der Waals surface area contributed by atoms with Crippen LogP contribution in [0.15, 0.2) is 89.9 Å². The van der Waals surface area contributed by atoms with Crippen LogP contribution in [-0.4, -0.2) is 34.0 Å². The summed E-state index contributed by atoms with van der Waals surface area (Å²) in [7, 11) is -2.90. The Kier molecular flexibility index (Phi) is 9.62. The van der Waals surface area contributed by atoms with E-state index in [1.165, 1.54) is 55.7 Å². The number of ether oxygens (including phenoxy) is 2. The van der Waals surface area contributed by atoms with Crippen LogP contribution < -0.4 is 14.2 Å². The molecule has 0 fully saturated rings. The van der Waals surface area contributed by atoms with Gasteiger partial charge in [-0.05, 0) is 73.5 Å². The summed E-state index contributed by atoms with van der Waals surface area (Å²) in [5.74, 6) is -1.08. The molecule has 0 aliphatic carbocycles. The lowest BCUT2D eigenvalue weighted by atomic mass is 10.0. The second-order valence-electron chi connectivity index (χ2n) is 7.98. The Morgan fingerprint density at radius 2 is 1.77 bits per heavy atom. The van der Waals surface area contributed by atoms with E-state index in [-0.39, 0.29) is 35.0 Å². The Bertz CT molecular complexity index is 1540. The molecule has 10 heteroatoms. The summed E-state index contributed by atoms with van der Waals surface area (Å²) in [6, 6.07) is 18.6. The molecule has 9 nitrogen and oxygen atoms in total. The molecule has 0 saturated carbocycles. The highest BCUT2D eigenvalue weighted by Crippen LogP contribution is 2.36. The second kappa shape index (κ2) is 13.1. The number of hydrogen-bond donors (Lipinski definition) is 1. The molecule has 0 aliphatic heterocycles. The number of allylic oxidation sites excluding steroid dienone is 1. The fourth-order valence-corrected chi connectivity index (χ4v) is 4.49. The van der Waals surface area contributed by atoms with Gasteiger partial charge in [-0.1, -0.05) is 24.3 Å². The summed E-state index contributed by atoms with van der Waals surface area (Å²) in [5, 5.41) is 12.3. The molecular weight excluding hydrogens is 520 g/mol. The maximum Gasteiger partial charge on any atom is 0.339 e. The fourth-order valence-electron chi connectivity index (χ4n) is 3.50. The Morgan fingerprint density at radius 3 is 2.36 bits per heavy atom. The van der Waals surface area contributed by atoms with Crippen molar-refractivity contribution < 1.29 is 31.7 Å². The van der Waals surface area contributed by atoms with Crippen molar-refractivity contribution in [3.8, 4) is 17.6 Å². The molecule has 3 aromatic carbocycles. The molecular formula is C29H26N2O7S. The number of nitrogens with one attached hydrogen (secondary N) is 1. The van der Waals surface area contributed by atoms with E-state index in [9.17, 15) is 23.3 Å². The molecule has 0 radical (unpaired) electrons. The normalized spacial score (nSPS) is 11.2. The highest BCUT2D eigenvalue weighted by atomic mass is 32.2. The van der Waals surface area contributed by atoms with Crippen molar-refractivity contribution in [2.24, 2.45) is 0 Å². The minimum Gasteiger partial charge on any atom is -0.490 e. The van der Waals surface area contributed by atoms with E-state index in [0.717, 1.165) is 0 Å². The van der Waals surface area contributed by atoms with Crippen LogP contribution >= 0.6 is 0 Å². The molecule has 1 N–H and O–H groups in total. The number of methoxy groups -OCH3 is 1. The number of anilines is 1. The zero-order chi connectivity index (χ0) is 28.4. The number of nitriles is 1. The summed E-state index contributed by atoms with van der Waals surface area (Å²) < 4.78 is 41.7. The summed E-state index contributed by atoms with van der Waals surface area (Å²) >= 11 is 0. The summed E-state index contributed by atoms with van der Waals surface area (Å²) in [6.45, 7) is 5.66. The van der Waals surface area contributed by atoms with Crippen molar-refractivity contribution in [1.29, 1.82) is 5.26 Å². The third-order valence-corrected chi connectivity index (χ3v) is 6.52. The lowest BCUT2D eigenvalue weighted by molar-refractivity contribution is -0.112. The van der Waals surface area contributed by atoms with E-state index in [0.29, 0.717) is 22.4 Å². The van der Waals surface area contributed by atoms with Crippen molar-refractivity contribution >= 4 is 33.8 Å². The molecule has 0 bridgehead atoms. The molecule has 0 aromatic heterocycles. The highest BCUT2D eigenvalue weighted by molar-refractivity contribution is 7.87. The highest BCUT2D eigenvalue weighted by Gasteiger charge is 2.23. The predicted octanol–water partition coefficient (Wildman–Crippen LogP) is 4.91. The molecule has 0 unspecified atom stereocenters. The number of benzene rings is 3. The standard InChI is InChI=1S/C29H26N2O7S/c1-4-9-22-16-20(17-23(19-30)28(32)31-24-14-12-21(13-15-24)29(33)36-3)18-26(37-5-2)27(22)38-39(34,35)25-10-7-6-8-11-25/h4,6-8,10-18H,1,5,9H2,2-3H3,(H,31,32)/b23-17+. The van der Waals surface area contributed by atoms with Crippen molar-refractivity contribution in [3.63, 3.8) is 0 Å². The second-order valence-corrected chi connectivity index (χ2v) is 9.52. The van der Waals surface area contributed by atoms with Gasteiger partial charge in [-0.15, -0.1) is 6.58 Å². The Morgan fingerprint density at radius 1 is 1.08 bits per heavy atom. The average Bonchev–Trinajstić information content (AvgIpc) is 2.94. The van der Waals surface area contributed by atoms with Crippen molar-refractivity contribution in [2.45, 2.75) is 18.2 Å². The quantitative estimate of drug-likeness (QED) is 0.118. The average molecular weight is 547 g/mol. The molecule has 0 saturated heterocycles. The maximum atomic E-state index is 12.9. The molecule has 0 aliphatic rings. The largest absolute Gasteiger partial charge is 0.490 e. The monoisotopic (exact) mass is 546 g/mol. The fraction of sp³-hybridized carbons (Fsp3) is 0.138. The number of amides is 1. The van der Waals surface area contributed by atoms with Gasteiger partial charge in [0.15, 0.2) is 11.5 Å². The van der Waals surface area contributed by atoms with E-state index in [2.05, 4.69) is 16.6 Å². The number of carbonyl (C=O) groups excluding carboxylic acids is 2. The Hall–Kier alpha value is -4.88. The lowest BCUT2D eigenvalue weighted by Gasteiger charge is -2.16. The molecule has 0 atom stereocenters. The number of esters is 1. The first-order chi connectivity index (χ1) is 18.7. The molecule has 1 amide bonds. The Balaban J connectivity index is 1.96. The van der Waals surface area contributed by atoms with Gasteiger partial charge < -0.3 is 19.0 Å². The van der Waals surface area contributed by atoms with E-state index in [1.807, 2.05) is 6.07 Å². The first-order valence-corrected chi connectivity index (χ1v) is 13.1. The maximum absolute atomic E-state index is 12.9. The van der Waals surface area contributed by atoms with Gasteiger partial charge in [0.2, 0.25) is 0 Å². The zero-order valence-electron chi connectivity index (χ0n) is 21.3. The first kappa shape index (κ1) is 28.7. The van der Waals surface area contributed by atoms with E-state index >= 15 is 0 Å². The molecule has 200 valence electrons. The zero-order valence-corrected chi connectivity index (χ0v) is 22.2. The van der Waals surface area contributed by atoms with Gasteiger partial charge in [0.25, 0.3) is 5.91 Å². The number of rotatable bonds is 11. The van der Waals surface area contributed by atoms with E-state index < -0.39 is 22.0 Å². The minimum absolute atomic E-state index is 0.00796. The third-order valence-electron chi connectivity index (χ3n) is 5.28. The van der Waals surface area contributed by atoms with Gasteiger partial charge in [-0.3, -0.25) is 4.79 Å². The van der Waals surface area contributed by atoms with Crippen LogP contribution in [0.3, 0.4) is 0 Å². The van der Waals surface area contributed by atoms with Crippen LogP contribution in [0.25, 0.3) is 6.08 Å². The topological polar surface area (TPSA) is 132 Å². The molecule has 3 rings (SSSR count). The van der Waals surface area contributed by atoms with Crippen LogP contribution in [0.2, 0.25) is 0 Å². The van der Waals surface area contributed by atoms with Crippen LogP contribution in [0.1, 0.15) is 28.4 Å². The van der Waals surface area contributed by atoms with E-state index in [1.54, 1.807) is 37.3 Å². The first-order valence-electron chi connectivity index (χ1n) is 11.7. The third kappa shape index (κ3) is 7.34. The Labute approximate surface area is 227 Å². The number of carbonyl (C=O) groups is 2. The van der Waals surface area contributed by atoms with Crippen molar-refractivity contribution in [2.75, 3.05) is 19.0 Å². The van der Waals surface area contributed by atoms with E-state index in [4.69, 9.17) is 8.92 Å². The van der Waals surface area contributed by atoms with Crippen LogP contribution in [-0.2, 0) is 26.1 Å². The molecule has 0 spiro atoms. The van der Waals surface area contributed by atoms with Gasteiger partial charge in [0.1, 0.15) is 16.5 Å². The number of hydrogen-bond acceptors (Lipinski definition) is 8. The minimum atomic E-state index is -4.17. The van der Waals surface area contributed by atoms with Crippen LogP contribution in [0.5, 0.6) is 11.5 Å². The van der Waals surface area contributed by atoms with Crippen LogP contribution in [0.4, 0.5) is 5.69 Å². The SMILES string of the molecule is C=CCc1cc(/C=C(\C#N)C(=O)Nc2ccc(C(=O)OC)cc2)cc(OCC)c1OS(=O)(=O)c1ccccc1. The van der Waals surface area contributed by atoms with Gasteiger partial charge in [-0.2, -0.15) is 13.7 Å². The number of nitrogens with zero attached hydrogens (tertiary/aromatic N) is 1. The molecule has 3 aromatic rings. The molecule has 39 heavy (non-hydrogen) atoms. The molecule has 0 heterocycles. The van der Waals surface area contributed by atoms with Gasteiger partial charge in [0.05, 0.1) is 19.3 Å². The van der Waals surface area contributed by atoms with Gasteiger partial charge in [-0.25, -0.2) is 4.79 Å². The van der Waals surface area contributed by atoms with Crippen molar-refractivity contribution in [3.05, 3.63) is 102 Å². The van der Waals surface area contributed by atoms with Gasteiger partial charge in [0, 0.05) is 11.3 Å². The van der Waals surface area contributed by atoms with Crippen molar-refractivity contribution in [1.82, 2.24) is 0 Å². The predicted molar refractivity (Wildman–Crippen MR) is 146 cm³/mol. The summed E-state index contributed by atoms with van der Waals surface area (Å²) in [5.41, 5.74) is 1.29.